The fourth-order valence-electron chi connectivity index (χ4n) is 4.83. The minimum atomic E-state index is 0.486. The first-order valence-electron chi connectivity index (χ1n) is 12.9. The van der Waals surface area contributed by atoms with E-state index >= 15 is 0 Å². The van der Waals surface area contributed by atoms with Crippen LogP contribution >= 0.6 is 0 Å². The van der Waals surface area contributed by atoms with Crippen LogP contribution in [0.25, 0.3) is 23.1 Å². The first-order chi connectivity index (χ1) is 18.2. The number of H-pyrrole nitrogens is 1. The number of nitriles is 1. The van der Waals surface area contributed by atoms with Gasteiger partial charge in [-0.3, -0.25) is 14.9 Å². The van der Waals surface area contributed by atoms with E-state index < -0.39 is 0 Å². The molecule has 0 spiro atoms. The van der Waals surface area contributed by atoms with E-state index in [0.29, 0.717) is 12.2 Å². The summed E-state index contributed by atoms with van der Waals surface area (Å²) in [5, 5.41) is 14.4. The Hall–Kier alpha value is -4.15. The lowest BCUT2D eigenvalue weighted by Gasteiger charge is -2.19. The maximum atomic E-state index is 9.75. The van der Waals surface area contributed by atoms with Gasteiger partial charge in [0.25, 0.3) is 0 Å². The molecule has 1 fully saturated rings. The predicted molar refractivity (Wildman–Crippen MR) is 149 cm³/mol. The maximum absolute atomic E-state index is 9.75. The Labute approximate surface area is 217 Å². The van der Waals surface area contributed by atoms with E-state index in [9.17, 15) is 5.26 Å². The highest BCUT2D eigenvalue weighted by Crippen LogP contribution is 2.31. The Morgan fingerprint density at radius 3 is 2.73 bits per heavy atom. The van der Waals surface area contributed by atoms with Crippen molar-refractivity contribution >= 4 is 34.4 Å². The monoisotopic (exact) mass is 492 g/mol. The van der Waals surface area contributed by atoms with Gasteiger partial charge in [-0.15, -0.1) is 0 Å². The summed E-state index contributed by atoms with van der Waals surface area (Å²) in [5.41, 5.74) is 6.10. The van der Waals surface area contributed by atoms with Crippen LogP contribution in [0.1, 0.15) is 47.9 Å². The van der Waals surface area contributed by atoms with Crippen LogP contribution in [-0.4, -0.2) is 46.1 Å². The summed E-state index contributed by atoms with van der Waals surface area (Å²) in [6.07, 6.45) is 18.0. The Balaban J connectivity index is 1.31. The Morgan fingerprint density at radius 2 is 1.89 bits per heavy atom. The van der Waals surface area contributed by atoms with Crippen LogP contribution in [0.4, 0.5) is 11.4 Å². The average molecular weight is 493 g/mol. The van der Waals surface area contributed by atoms with Crippen LogP contribution in [0.15, 0.2) is 55.2 Å². The molecular formula is C30H32N6O. The smallest absolute Gasteiger partial charge is 0.138 e. The molecule has 4 heterocycles. The summed E-state index contributed by atoms with van der Waals surface area (Å²) >= 11 is 0. The topological polar surface area (TPSA) is 89.9 Å². The molecule has 4 aromatic rings. The van der Waals surface area contributed by atoms with Crippen molar-refractivity contribution in [3.05, 3.63) is 77.5 Å². The van der Waals surface area contributed by atoms with Gasteiger partial charge in [-0.25, -0.2) is 0 Å². The lowest BCUT2D eigenvalue weighted by Crippen LogP contribution is -2.29. The molecule has 0 unspecified atom stereocenters. The Kier molecular flexibility index (Phi) is 7.78. The molecule has 7 nitrogen and oxygen atoms in total. The largest absolute Gasteiger partial charge is 0.491 e. The van der Waals surface area contributed by atoms with E-state index in [1.807, 2.05) is 36.5 Å². The third-order valence-corrected chi connectivity index (χ3v) is 6.92. The number of hydrogen-bond donors (Lipinski definition) is 2. The average Bonchev–Trinajstić information content (AvgIpc) is 3.26. The van der Waals surface area contributed by atoms with Gasteiger partial charge in [-0.1, -0.05) is 25.0 Å². The van der Waals surface area contributed by atoms with Gasteiger partial charge in [-0.2, -0.15) is 5.26 Å². The van der Waals surface area contributed by atoms with E-state index in [2.05, 4.69) is 44.2 Å². The number of ether oxygens (including phenoxy) is 1. The Morgan fingerprint density at radius 1 is 1.05 bits per heavy atom. The highest BCUT2D eigenvalue weighted by molar-refractivity contribution is 5.90. The van der Waals surface area contributed by atoms with Gasteiger partial charge in [0.15, 0.2) is 0 Å². The van der Waals surface area contributed by atoms with Crippen molar-refractivity contribution in [3.63, 3.8) is 0 Å². The van der Waals surface area contributed by atoms with Gasteiger partial charge in [0, 0.05) is 53.5 Å². The summed E-state index contributed by atoms with van der Waals surface area (Å²) < 4.78 is 6.01. The van der Waals surface area contributed by atoms with Gasteiger partial charge < -0.3 is 15.0 Å². The number of aromatic amines is 1. The molecule has 0 amide bonds. The summed E-state index contributed by atoms with van der Waals surface area (Å²) in [4.78, 5) is 14.4. The normalized spacial score (nSPS) is 14.5. The van der Waals surface area contributed by atoms with E-state index in [1.165, 1.54) is 25.7 Å². The van der Waals surface area contributed by atoms with Gasteiger partial charge in [0.1, 0.15) is 18.4 Å². The van der Waals surface area contributed by atoms with E-state index in [0.717, 1.165) is 64.4 Å². The number of rotatable bonds is 8. The molecule has 7 heteroatoms. The summed E-state index contributed by atoms with van der Waals surface area (Å²) in [6.45, 7) is 5.99. The molecule has 37 heavy (non-hydrogen) atoms. The van der Waals surface area contributed by atoms with Gasteiger partial charge in [-0.05, 0) is 68.2 Å². The standard InChI is InChI=1S/C30H32N6O/c1-22-27-10-11-34-29(27)9-8-28(22)35-30-24(19-33-20-25(30)17-31)7-6-23-16-26(21-32-18-23)37-15-14-36-12-4-2-3-5-13-36/h6-11,16,18-21,34H,2-5,12-15H2,1H3,(H,33,35). The van der Waals surface area contributed by atoms with Gasteiger partial charge in [0.05, 0.1) is 17.4 Å². The molecule has 188 valence electrons. The number of nitrogens with zero attached hydrogens (tertiary/aromatic N) is 4. The fourth-order valence-corrected chi connectivity index (χ4v) is 4.83. The molecule has 0 saturated carbocycles. The first kappa shape index (κ1) is 24.5. The zero-order valence-electron chi connectivity index (χ0n) is 21.2. The summed E-state index contributed by atoms with van der Waals surface area (Å²) in [5.74, 6) is 0.759. The van der Waals surface area contributed by atoms with Crippen LogP contribution in [0.2, 0.25) is 0 Å². The van der Waals surface area contributed by atoms with E-state index in [1.54, 1.807) is 24.8 Å². The lowest BCUT2D eigenvalue weighted by molar-refractivity contribution is 0.213. The minimum Gasteiger partial charge on any atom is -0.491 e. The third kappa shape index (κ3) is 5.99. The molecule has 2 N–H and O–H groups in total. The fraction of sp³-hybridized carbons (Fsp3) is 0.300. The van der Waals surface area contributed by atoms with Crippen molar-refractivity contribution in [2.75, 3.05) is 31.6 Å². The number of hydrogen-bond acceptors (Lipinski definition) is 6. The number of fused-ring (bicyclic) bond motifs is 1. The molecule has 0 atom stereocenters. The van der Waals surface area contributed by atoms with Crippen molar-refractivity contribution < 1.29 is 4.74 Å². The zero-order valence-corrected chi connectivity index (χ0v) is 21.2. The van der Waals surface area contributed by atoms with Crippen molar-refractivity contribution in [2.45, 2.75) is 32.6 Å². The van der Waals surface area contributed by atoms with E-state index in [4.69, 9.17) is 4.74 Å². The van der Waals surface area contributed by atoms with Crippen molar-refractivity contribution in [1.29, 1.82) is 5.26 Å². The van der Waals surface area contributed by atoms with Crippen LogP contribution in [-0.2, 0) is 0 Å². The van der Waals surface area contributed by atoms with Crippen molar-refractivity contribution in [1.82, 2.24) is 19.9 Å². The molecule has 3 aromatic heterocycles. The van der Waals surface area contributed by atoms with Crippen LogP contribution < -0.4 is 10.1 Å². The number of likely N-dealkylation sites (tertiary alicyclic amines) is 1. The number of nitrogens with one attached hydrogen (secondary N) is 2. The van der Waals surface area contributed by atoms with Crippen LogP contribution in [0.5, 0.6) is 5.75 Å². The second-order valence-corrected chi connectivity index (χ2v) is 9.46. The molecule has 1 aliphatic heterocycles. The number of anilines is 2. The third-order valence-electron chi connectivity index (χ3n) is 6.92. The number of aromatic nitrogens is 3. The molecular weight excluding hydrogens is 460 g/mol. The van der Waals surface area contributed by atoms with Gasteiger partial charge >= 0.3 is 0 Å². The molecule has 5 rings (SSSR count). The maximum Gasteiger partial charge on any atom is 0.138 e. The Bertz CT molecular complexity index is 1430. The van der Waals surface area contributed by atoms with Gasteiger partial charge in [0.2, 0.25) is 0 Å². The molecule has 0 aliphatic carbocycles. The van der Waals surface area contributed by atoms with E-state index in [-0.39, 0.29) is 0 Å². The molecule has 1 aromatic carbocycles. The lowest BCUT2D eigenvalue weighted by atomic mass is 10.1. The van der Waals surface area contributed by atoms with Crippen molar-refractivity contribution in [2.24, 2.45) is 0 Å². The quantitative estimate of drug-likeness (QED) is 0.300. The van der Waals surface area contributed by atoms with Crippen molar-refractivity contribution in [3.8, 4) is 11.8 Å². The summed E-state index contributed by atoms with van der Waals surface area (Å²) in [7, 11) is 0. The number of aryl methyl sites for hydroxylation is 1. The van der Waals surface area contributed by atoms with Crippen LogP contribution in [0, 0.1) is 18.3 Å². The zero-order chi connectivity index (χ0) is 25.5. The minimum absolute atomic E-state index is 0.486. The highest BCUT2D eigenvalue weighted by Gasteiger charge is 2.12. The number of benzene rings is 1. The molecule has 0 radical (unpaired) electrons. The first-order valence-corrected chi connectivity index (χ1v) is 12.9. The second-order valence-electron chi connectivity index (χ2n) is 9.46. The SMILES string of the molecule is Cc1c(Nc2c(C#N)cncc2C=Cc2cncc(OCCN3CCCCCC3)c2)ccc2[nH]ccc12. The number of pyridine rings is 2. The molecule has 0 bridgehead atoms. The summed E-state index contributed by atoms with van der Waals surface area (Å²) in [6, 6.07) is 10.4. The second kappa shape index (κ2) is 11.7. The molecule has 1 saturated heterocycles. The van der Waals surface area contributed by atoms with Crippen LogP contribution in [0.3, 0.4) is 0 Å². The molecule has 1 aliphatic rings. The highest BCUT2D eigenvalue weighted by atomic mass is 16.5. The predicted octanol–water partition coefficient (Wildman–Crippen LogP) is 6.31.